The van der Waals surface area contributed by atoms with E-state index in [0.717, 1.165) is 22.5 Å². The molecule has 3 aromatic rings. The van der Waals surface area contributed by atoms with Crippen molar-refractivity contribution in [3.63, 3.8) is 0 Å². The van der Waals surface area contributed by atoms with Gasteiger partial charge in [-0.3, -0.25) is 4.79 Å². The Balaban J connectivity index is 1.78. The molecule has 0 saturated heterocycles. The molecule has 1 heterocycles. The van der Waals surface area contributed by atoms with Crippen molar-refractivity contribution in [1.29, 1.82) is 0 Å². The Bertz CT molecular complexity index is 1200. The maximum atomic E-state index is 13.0. The molecule has 0 atom stereocenters. The summed E-state index contributed by atoms with van der Waals surface area (Å²) in [5, 5.41) is 11.1. The summed E-state index contributed by atoms with van der Waals surface area (Å²) in [7, 11) is 0. The summed E-state index contributed by atoms with van der Waals surface area (Å²) in [5.41, 5.74) is 4.08. The van der Waals surface area contributed by atoms with Crippen LogP contribution < -0.4 is 10.6 Å². The molecule has 0 radical (unpaired) electrons. The number of benzene rings is 2. The first kappa shape index (κ1) is 25.3. The van der Waals surface area contributed by atoms with Crippen molar-refractivity contribution in [2.75, 3.05) is 23.7 Å². The molecule has 2 aromatic carbocycles. The molecule has 3 amide bonds. The van der Waals surface area contributed by atoms with Crippen molar-refractivity contribution < 1.29 is 9.59 Å². The minimum absolute atomic E-state index is 0.105. The number of urea groups is 1. The Hall–Kier alpha value is -3.32. The van der Waals surface area contributed by atoms with Crippen LogP contribution in [0.5, 0.6) is 0 Å². The molecule has 1 aromatic heterocycles. The predicted molar refractivity (Wildman–Crippen MR) is 138 cm³/mol. The largest absolute Gasteiger partial charge is 0.322 e. The molecule has 8 heteroatoms. The maximum Gasteiger partial charge on any atom is 0.322 e. The van der Waals surface area contributed by atoms with Gasteiger partial charge < -0.3 is 15.5 Å². The van der Waals surface area contributed by atoms with Crippen LogP contribution in [0.2, 0.25) is 5.02 Å². The van der Waals surface area contributed by atoms with Gasteiger partial charge in [-0.15, -0.1) is 0 Å². The average Bonchev–Trinajstić information content (AvgIpc) is 3.18. The molecule has 0 unspecified atom stereocenters. The van der Waals surface area contributed by atoms with Crippen LogP contribution in [0.1, 0.15) is 44.5 Å². The molecule has 0 aliphatic rings. The zero-order valence-corrected chi connectivity index (χ0v) is 21.3. The molecular formula is C26H32ClN5O2. The second-order valence-electron chi connectivity index (χ2n) is 9.32. The van der Waals surface area contributed by atoms with Crippen molar-refractivity contribution in [3.8, 4) is 5.69 Å². The lowest BCUT2D eigenvalue weighted by Crippen LogP contribution is -2.40. The van der Waals surface area contributed by atoms with Crippen LogP contribution in [-0.4, -0.2) is 39.7 Å². The fourth-order valence-corrected chi connectivity index (χ4v) is 3.56. The molecule has 34 heavy (non-hydrogen) atoms. The van der Waals surface area contributed by atoms with E-state index in [1.807, 2.05) is 57.2 Å². The third kappa shape index (κ3) is 5.97. The fraction of sp³-hybridized carbons (Fsp3) is 0.346. The lowest BCUT2D eigenvalue weighted by Gasteiger charge is -2.21. The predicted octanol–water partition coefficient (Wildman–Crippen LogP) is 5.93. The number of halogens is 1. The van der Waals surface area contributed by atoms with Gasteiger partial charge in [-0.25, -0.2) is 9.48 Å². The molecular weight excluding hydrogens is 450 g/mol. The summed E-state index contributed by atoms with van der Waals surface area (Å²) in [6, 6.07) is 14.7. The highest BCUT2D eigenvalue weighted by Gasteiger charge is 2.23. The van der Waals surface area contributed by atoms with Crippen LogP contribution in [0.3, 0.4) is 0 Å². The zero-order valence-electron chi connectivity index (χ0n) is 20.6. The smallest absolute Gasteiger partial charge is 0.315 e. The van der Waals surface area contributed by atoms with Gasteiger partial charge in [-0.1, -0.05) is 56.6 Å². The normalized spacial score (nSPS) is 11.3. The molecule has 0 aliphatic heterocycles. The van der Waals surface area contributed by atoms with Crippen molar-refractivity contribution in [2.45, 2.75) is 47.0 Å². The molecule has 180 valence electrons. The molecule has 0 fully saturated rings. The molecule has 7 nitrogen and oxygen atoms in total. The molecule has 0 bridgehead atoms. The number of para-hydroxylation sites is 1. The van der Waals surface area contributed by atoms with E-state index in [1.165, 1.54) is 4.90 Å². The number of hydrogen-bond donors (Lipinski definition) is 2. The standard InChI is InChI=1S/C26H32ClN5O2/c1-7-31(25(34)28-19-13-12-17(2)20(27)14-19)16-24(33)29-23-15-22(26(4,5)6)30-32(23)21-11-9-8-10-18(21)3/h8-15H,7,16H2,1-6H3,(H,28,34)(H,29,33). The van der Waals surface area contributed by atoms with Crippen molar-refractivity contribution in [3.05, 3.63) is 70.4 Å². The van der Waals surface area contributed by atoms with E-state index in [1.54, 1.807) is 16.8 Å². The van der Waals surface area contributed by atoms with Gasteiger partial charge in [-0.2, -0.15) is 5.10 Å². The minimum atomic E-state index is -0.375. The first-order chi connectivity index (χ1) is 16.0. The van der Waals surface area contributed by atoms with E-state index in [9.17, 15) is 9.59 Å². The monoisotopic (exact) mass is 481 g/mol. The van der Waals surface area contributed by atoms with E-state index in [4.69, 9.17) is 16.7 Å². The number of carbonyl (C=O) groups is 2. The van der Waals surface area contributed by atoms with Gasteiger partial charge in [0.05, 0.1) is 11.4 Å². The highest BCUT2D eigenvalue weighted by atomic mass is 35.5. The molecule has 3 rings (SSSR count). The number of aryl methyl sites for hydroxylation is 2. The fourth-order valence-electron chi connectivity index (χ4n) is 3.38. The van der Waals surface area contributed by atoms with Gasteiger partial charge in [0.1, 0.15) is 12.4 Å². The number of likely N-dealkylation sites (N-methyl/N-ethyl adjacent to an activating group) is 1. The number of rotatable bonds is 6. The number of nitrogens with zero attached hydrogens (tertiary/aromatic N) is 3. The Labute approximate surface area is 206 Å². The summed E-state index contributed by atoms with van der Waals surface area (Å²) in [4.78, 5) is 27.2. The van der Waals surface area contributed by atoms with Crippen LogP contribution in [0.4, 0.5) is 16.3 Å². The SMILES string of the molecule is CCN(CC(=O)Nc1cc(C(C)(C)C)nn1-c1ccccc1C)C(=O)Nc1ccc(C)c(Cl)c1. The van der Waals surface area contributed by atoms with Crippen molar-refractivity contribution >= 4 is 35.0 Å². The number of amides is 3. The quantitative estimate of drug-likeness (QED) is 0.457. The van der Waals surface area contributed by atoms with Crippen LogP contribution in [0, 0.1) is 13.8 Å². The second kappa shape index (κ2) is 10.3. The van der Waals surface area contributed by atoms with E-state index in [2.05, 4.69) is 31.4 Å². The molecule has 0 aliphatic carbocycles. The first-order valence-corrected chi connectivity index (χ1v) is 11.7. The highest BCUT2D eigenvalue weighted by molar-refractivity contribution is 6.31. The van der Waals surface area contributed by atoms with E-state index < -0.39 is 0 Å². The van der Waals surface area contributed by atoms with Gasteiger partial charge >= 0.3 is 6.03 Å². The minimum Gasteiger partial charge on any atom is -0.315 e. The highest BCUT2D eigenvalue weighted by Crippen LogP contribution is 2.27. The Morgan fingerprint density at radius 1 is 1.03 bits per heavy atom. The Kier molecular flexibility index (Phi) is 7.67. The number of nitrogens with one attached hydrogen (secondary N) is 2. The third-order valence-corrected chi connectivity index (χ3v) is 5.92. The first-order valence-electron chi connectivity index (χ1n) is 11.3. The van der Waals surface area contributed by atoms with E-state index in [-0.39, 0.29) is 23.9 Å². The zero-order chi connectivity index (χ0) is 25.0. The number of carbonyl (C=O) groups excluding carboxylic acids is 2. The van der Waals surface area contributed by atoms with Crippen LogP contribution in [-0.2, 0) is 10.2 Å². The lowest BCUT2D eigenvalue weighted by atomic mass is 9.92. The van der Waals surface area contributed by atoms with Gasteiger partial charge in [0, 0.05) is 28.7 Å². The molecule has 0 spiro atoms. The van der Waals surface area contributed by atoms with E-state index >= 15 is 0 Å². The van der Waals surface area contributed by atoms with Gasteiger partial charge in [0.2, 0.25) is 5.91 Å². The maximum absolute atomic E-state index is 13.0. The lowest BCUT2D eigenvalue weighted by molar-refractivity contribution is -0.116. The van der Waals surface area contributed by atoms with Crippen molar-refractivity contribution in [2.24, 2.45) is 0 Å². The second-order valence-corrected chi connectivity index (χ2v) is 9.73. The number of aromatic nitrogens is 2. The van der Waals surface area contributed by atoms with Crippen molar-refractivity contribution in [1.82, 2.24) is 14.7 Å². The summed E-state index contributed by atoms with van der Waals surface area (Å²) in [5.74, 6) is 0.250. The van der Waals surface area contributed by atoms with Gasteiger partial charge in [0.15, 0.2) is 0 Å². The van der Waals surface area contributed by atoms with Crippen LogP contribution in [0.25, 0.3) is 5.69 Å². The summed E-state index contributed by atoms with van der Waals surface area (Å²) in [6.45, 7) is 12.2. The van der Waals surface area contributed by atoms with Gasteiger partial charge in [0.25, 0.3) is 0 Å². The number of hydrogen-bond acceptors (Lipinski definition) is 3. The topological polar surface area (TPSA) is 79.3 Å². The molecule has 0 saturated carbocycles. The third-order valence-electron chi connectivity index (χ3n) is 5.52. The Morgan fingerprint density at radius 3 is 2.35 bits per heavy atom. The molecule has 2 N–H and O–H groups in total. The summed E-state index contributed by atoms with van der Waals surface area (Å²) in [6.07, 6.45) is 0. The summed E-state index contributed by atoms with van der Waals surface area (Å²) < 4.78 is 1.75. The Morgan fingerprint density at radius 2 is 1.74 bits per heavy atom. The average molecular weight is 482 g/mol. The number of anilines is 2. The van der Waals surface area contributed by atoms with Crippen LogP contribution in [0.15, 0.2) is 48.5 Å². The summed E-state index contributed by atoms with van der Waals surface area (Å²) >= 11 is 6.16. The van der Waals surface area contributed by atoms with Gasteiger partial charge in [-0.05, 0) is 50.1 Å². The van der Waals surface area contributed by atoms with E-state index in [0.29, 0.717) is 23.1 Å². The van der Waals surface area contributed by atoms with Crippen LogP contribution >= 0.6 is 11.6 Å².